The fourth-order valence-electron chi connectivity index (χ4n) is 1.65. The molecule has 1 amide bonds. The molecule has 1 aromatic heterocycles. The van der Waals surface area contributed by atoms with Crippen molar-refractivity contribution < 1.29 is 9.21 Å². The minimum absolute atomic E-state index is 0.0227. The van der Waals surface area contributed by atoms with Gasteiger partial charge < -0.3 is 9.32 Å². The molecule has 0 aliphatic carbocycles. The third-order valence-electron chi connectivity index (χ3n) is 2.51. The second kappa shape index (κ2) is 6.38. The molecule has 0 fully saturated rings. The van der Waals surface area contributed by atoms with E-state index in [9.17, 15) is 4.79 Å². The van der Waals surface area contributed by atoms with E-state index in [1.807, 2.05) is 37.3 Å². The molecule has 0 unspecified atom stereocenters. The molecule has 100 valence electrons. The van der Waals surface area contributed by atoms with Crippen LogP contribution in [0.5, 0.6) is 0 Å². The molecule has 1 heterocycles. The van der Waals surface area contributed by atoms with Crippen LogP contribution in [-0.2, 0) is 4.79 Å². The summed E-state index contributed by atoms with van der Waals surface area (Å²) in [5.41, 5.74) is 0.900. The van der Waals surface area contributed by atoms with Gasteiger partial charge in [-0.05, 0) is 19.1 Å². The summed E-state index contributed by atoms with van der Waals surface area (Å²) >= 11 is 1.26. The Morgan fingerprint density at radius 1 is 1.32 bits per heavy atom. The van der Waals surface area contributed by atoms with E-state index in [-0.39, 0.29) is 11.7 Å². The summed E-state index contributed by atoms with van der Waals surface area (Å²) in [4.78, 5) is 13.9. The van der Waals surface area contributed by atoms with E-state index in [0.29, 0.717) is 17.7 Å². The molecule has 19 heavy (non-hydrogen) atoms. The zero-order valence-electron chi connectivity index (χ0n) is 10.9. The van der Waals surface area contributed by atoms with Crippen LogP contribution in [0.1, 0.15) is 12.8 Å². The van der Waals surface area contributed by atoms with Crippen molar-refractivity contribution in [3.05, 3.63) is 36.2 Å². The number of amides is 1. The predicted molar refractivity (Wildman–Crippen MR) is 74.2 cm³/mol. The predicted octanol–water partition coefficient (Wildman–Crippen LogP) is 2.52. The monoisotopic (exact) mass is 277 g/mol. The molecule has 0 atom stereocenters. The van der Waals surface area contributed by atoms with Crippen LogP contribution >= 0.6 is 11.8 Å². The number of para-hydroxylation sites is 1. The number of aryl methyl sites for hydroxylation is 1. The Morgan fingerprint density at radius 3 is 2.63 bits per heavy atom. The highest BCUT2D eigenvalue weighted by atomic mass is 32.2. The summed E-state index contributed by atoms with van der Waals surface area (Å²) in [5.74, 6) is 0.810. The van der Waals surface area contributed by atoms with E-state index in [1.165, 1.54) is 11.8 Å². The molecule has 0 radical (unpaired) electrons. The summed E-state index contributed by atoms with van der Waals surface area (Å²) in [5, 5.41) is 8.00. The van der Waals surface area contributed by atoms with Gasteiger partial charge in [0.1, 0.15) is 0 Å². The Labute approximate surface area is 116 Å². The van der Waals surface area contributed by atoms with Crippen LogP contribution < -0.4 is 4.90 Å². The number of rotatable bonds is 5. The SMILES string of the molecule is CCN(C(=O)CSc1nnc(C)o1)c1ccccc1. The quantitative estimate of drug-likeness (QED) is 0.786. The van der Waals surface area contributed by atoms with Crippen LogP contribution in [0.15, 0.2) is 40.0 Å². The van der Waals surface area contributed by atoms with Crippen molar-refractivity contribution >= 4 is 23.4 Å². The zero-order chi connectivity index (χ0) is 13.7. The number of nitrogens with zero attached hydrogens (tertiary/aromatic N) is 3. The third-order valence-corrected chi connectivity index (χ3v) is 3.31. The summed E-state index contributed by atoms with van der Waals surface area (Å²) < 4.78 is 5.22. The molecule has 0 aliphatic heterocycles. The van der Waals surface area contributed by atoms with Gasteiger partial charge in [0, 0.05) is 19.2 Å². The van der Waals surface area contributed by atoms with E-state index in [1.54, 1.807) is 11.8 Å². The fraction of sp³-hybridized carbons (Fsp3) is 0.308. The van der Waals surface area contributed by atoms with Crippen molar-refractivity contribution in [2.45, 2.75) is 19.1 Å². The largest absolute Gasteiger partial charge is 0.416 e. The molecule has 2 aromatic rings. The molecule has 0 saturated heterocycles. The average molecular weight is 277 g/mol. The van der Waals surface area contributed by atoms with Crippen LogP contribution in [0.4, 0.5) is 5.69 Å². The van der Waals surface area contributed by atoms with Gasteiger partial charge in [0.15, 0.2) is 0 Å². The number of thioether (sulfide) groups is 1. The first-order chi connectivity index (χ1) is 9.20. The summed E-state index contributed by atoms with van der Waals surface area (Å²) in [6.45, 7) is 4.31. The van der Waals surface area contributed by atoms with Crippen LogP contribution in [0.25, 0.3) is 0 Å². The van der Waals surface area contributed by atoms with E-state index in [2.05, 4.69) is 10.2 Å². The Kier molecular flexibility index (Phi) is 4.57. The average Bonchev–Trinajstić information content (AvgIpc) is 2.84. The van der Waals surface area contributed by atoms with Crippen molar-refractivity contribution in [3.63, 3.8) is 0 Å². The fourth-order valence-corrected chi connectivity index (χ4v) is 2.33. The maximum absolute atomic E-state index is 12.2. The third kappa shape index (κ3) is 3.57. The van der Waals surface area contributed by atoms with Gasteiger partial charge in [-0.2, -0.15) is 0 Å². The van der Waals surface area contributed by atoms with Gasteiger partial charge in [-0.15, -0.1) is 10.2 Å². The zero-order valence-corrected chi connectivity index (χ0v) is 11.7. The molecule has 1 aromatic carbocycles. The minimum Gasteiger partial charge on any atom is -0.416 e. The summed E-state index contributed by atoms with van der Waals surface area (Å²) in [7, 11) is 0. The molecule has 0 aliphatic rings. The van der Waals surface area contributed by atoms with E-state index in [0.717, 1.165) is 5.69 Å². The van der Waals surface area contributed by atoms with Crippen LogP contribution in [0, 0.1) is 6.92 Å². The second-order valence-corrected chi connectivity index (χ2v) is 4.78. The number of hydrogen-bond acceptors (Lipinski definition) is 5. The standard InChI is InChI=1S/C13H15N3O2S/c1-3-16(11-7-5-4-6-8-11)12(17)9-19-13-15-14-10(2)18-13/h4-8H,3,9H2,1-2H3. The molecule has 0 bridgehead atoms. The normalized spacial score (nSPS) is 10.4. The lowest BCUT2D eigenvalue weighted by atomic mass is 10.3. The number of aromatic nitrogens is 2. The van der Waals surface area contributed by atoms with Crippen molar-refractivity contribution in [3.8, 4) is 0 Å². The van der Waals surface area contributed by atoms with Gasteiger partial charge in [-0.25, -0.2) is 0 Å². The number of carbonyl (C=O) groups excluding carboxylic acids is 1. The molecular formula is C13H15N3O2S. The Morgan fingerprint density at radius 2 is 2.05 bits per heavy atom. The van der Waals surface area contributed by atoms with Gasteiger partial charge >= 0.3 is 0 Å². The van der Waals surface area contributed by atoms with Crippen molar-refractivity contribution in [2.24, 2.45) is 0 Å². The molecule has 0 saturated carbocycles. The number of hydrogen-bond donors (Lipinski definition) is 0. The first-order valence-electron chi connectivity index (χ1n) is 5.99. The van der Waals surface area contributed by atoms with Crippen LogP contribution in [0.3, 0.4) is 0 Å². The van der Waals surface area contributed by atoms with Crippen LogP contribution in [-0.4, -0.2) is 28.4 Å². The second-order valence-electron chi connectivity index (χ2n) is 3.85. The van der Waals surface area contributed by atoms with E-state index < -0.39 is 0 Å². The van der Waals surface area contributed by atoms with Gasteiger partial charge in [0.25, 0.3) is 5.22 Å². The molecule has 6 heteroatoms. The minimum atomic E-state index is 0.0227. The Hall–Kier alpha value is -1.82. The first kappa shape index (κ1) is 13.6. The maximum Gasteiger partial charge on any atom is 0.277 e. The van der Waals surface area contributed by atoms with Gasteiger partial charge in [0.2, 0.25) is 11.8 Å². The molecular weight excluding hydrogens is 262 g/mol. The lowest BCUT2D eigenvalue weighted by Crippen LogP contribution is -2.32. The molecule has 0 spiro atoms. The highest BCUT2D eigenvalue weighted by Crippen LogP contribution is 2.19. The number of carbonyl (C=O) groups is 1. The van der Waals surface area contributed by atoms with Gasteiger partial charge in [0.05, 0.1) is 5.75 Å². The summed E-state index contributed by atoms with van der Waals surface area (Å²) in [6, 6.07) is 9.60. The molecule has 5 nitrogen and oxygen atoms in total. The highest BCUT2D eigenvalue weighted by Gasteiger charge is 2.15. The Balaban J connectivity index is 1.98. The van der Waals surface area contributed by atoms with Crippen molar-refractivity contribution in [1.82, 2.24) is 10.2 Å². The lowest BCUT2D eigenvalue weighted by Gasteiger charge is -2.20. The van der Waals surface area contributed by atoms with Gasteiger partial charge in [-0.3, -0.25) is 4.79 Å². The van der Waals surface area contributed by atoms with Crippen molar-refractivity contribution in [1.29, 1.82) is 0 Å². The van der Waals surface area contributed by atoms with Crippen molar-refractivity contribution in [2.75, 3.05) is 17.2 Å². The molecule has 2 rings (SSSR count). The Bertz CT molecular complexity index is 542. The number of benzene rings is 1. The smallest absolute Gasteiger partial charge is 0.277 e. The lowest BCUT2D eigenvalue weighted by molar-refractivity contribution is -0.116. The van der Waals surface area contributed by atoms with E-state index in [4.69, 9.17) is 4.42 Å². The first-order valence-corrected chi connectivity index (χ1v) is 6.97. The van der Waals surface area contributed by atoms with Gasteiger partial charge in [-0.1, -0.05) is 30.0 Å². The highest BCUT2D eigenvalue weighted by molar-refractivity contribution is 7.99. The topological polar surface area (TPSA) is 59.2 Å². The molecule has 0 N–H and O–H groups in total. The van der Waals surface area contributed by atoms with E-state index >= 15 is 0 Å². The number of anilines is 1. The van der Waals surface area contributed by atoms with Crippen LogP contribution in [0.2, 0.25) is 0 Å². The summed E-state index contributed by atoms with van der Waals surface area (Å²) in [6.07, 6.45) is 0. The maximum atomic E-state index is 12.2.